The Morgan fingerprint density at radius 2 is 2.42 bits per heavy atom. The first-order chi connectivity index (χ1) is 9.33. The van der Waals surface area contributed by atoms with E-state index in [1.54, 1.807) is 18.5 Å². The molecule has 0 bridgehead atoms. The van der Waals surface area contributed by atoms with Crippen LogP contribution >= 0.6 is 0 Å². The van der Waals surface area contributed by atoms with Crippen molar-refractivity contribution in [1.82, 2.24) is 20.0 Å². The normalized spacial score (nSPS) is 15.3. The third kappa shape index (κ3) is 2.66. The summed E-state index contributed by atoms with van der Waals surface area (Å²) in [6, 6.07) is 3.65. The smallest absolute Gasteiger partial charge is 0.253 e. The molecule has 2 aromatic rings. The summed E-state index contributed by atoms with van der Waals surface area (Å²) >= 11 is 0. The summed E-state index contributed by atoms with van der Waals surface area (Å²) < 4.78 is 1.85. The van der Waals surface area contributed by atoms with Crippen LogP contribution < -0.4 is 10.6 Å². The Balaban J connectivity index is 1.67. The van der Waals surface area contributed by atoms with Crippen LogP contribution in [0.2, 0.25) is 0 Å². The molecule has 5 heteroatoms. The van der Waals surface area contributed by atoms with Crippen molar-refractivity contribution in [1.29, 1.82) is 0 Å². The summed E-state index contributed by atoms with van der Waals surface area (Å²) in [5.74, 6) is -0.0463. The van der Waals surface area contributed by atoms with Gasteiger partial charge < -0.3 is 15.0 Å². The molecule has 0 radical (unpaired) electrons. The van der Waals surface area contributed by atoms with E-state index in [2.05, 4.69) is 21.7 Å². The van der Waals surface area contributed by atoms with Gasteiger partial charge in [0, 0.05) is 31.7 Å². The van der Waals surface area contributed by atoms with Crippen molar-refractivity contribution in [3.63, 3.8) is 0 Å². The van der Waals surface area contributed by atoms with Gasteiger partial charge in [-0.05, 0) is 25.1 Å². The second kappa shape index (κ2) is 5.24. The van der Waals surface area contributed by atoms with E-state index >= 15 is 0 Å². The van der Waals surface area contributed by atoms with Crippen molar-refractivity contribution in [2.24, 2.45) is 0 Å². The maximum absolute atomic E-state index is 12.1. The third-order valence-electron chi connectivity index (χ3n) is 3.28. The monoisotopic (exact) mass is 256 g/mol. The maximum atomic E-state index is 12.1. The first kappa shape index (κ1) is 11.9. The molecule has 0 fully saturated rings. The average Bonchev–Trinajstić information content (AvgIpc) is 2.93. The molecule has 5 nitrogen and oxygen atoms in total. The molecule has 19 heavy (non-hydrogen) atoms. The Bertz CT molecular complexity index is 629. The molecule has 0 spiro atoms. The number of hydrogen-bond acceptors (Lipinski definition) is 3. The molecule has 3 rings (SSSR count). The fraction of sp³-hybridized carbons (Fsp3) is 0.286. The zero-order chi connectivity index (χ0) is 13.1. The van der Waals surface area contributed by atoms with Gasteiger partial charge in [0.2, 0.25) is 0 Å². The Morgan fingerprint density at radius 1 is 1.47 bits per heavy atom. The van der Waals surface area contributed by atoms with E-state index in [-0.39, 0.29) is 5.91 Å². The molecular formula is C14H16N4O. The third-order valence-corrected chi connectivity index (χ3v) is 3.28. The van der Waals surface area contributed by atoms with E-state index in [9.17, 15) is 4.79 Å². The quantitative estimate of drug-likeness (QED) is 0.805. The highest BCUT2D eigenvalue weighted by Crippen LogP contribution is 2.06. The van der Waals surface area contributed by atoms with Gasteiger partial charge in [-0.15, -0.1) is 0 Å². The van der Waals surface area contributed by atoms with Crippen molar-refractivity contribution >= 4 is 11.6 Å². The predicted molar refractivity (Wildman–Crippen MR) is 73.1 cm³/mol. The van der Waals surface area contributed by atoms with E-state index in [0.29, 0.717) is 12.1 Å². The second-order valence-electron chi connectivity index (χ2n) is 4.61. The lowest BCUT2D eigenvalue weighted by Crippen LogP contribution is -2.29. The molecule has 0 aromatic carbocycles. The molecule has 2 N–H and O–H groups in total. The molecule has 98 valence electrons. The Morgan fingerprint density at radius 3 is 3.26 bits per heavy atom. The van der Waals surface area contributed by atoms with Gasteiger partial charge in [-0.25, -0.2) is 4.98 Å². The number of hydrogen-bond donors (Lipinski definition) is 2. The van der Waals surface area contributed by atoms with E-state index in [1.165, 1.54) is 5.57 Å². The molecule has 1 amide bonds. The Labute approximate surface area is 111 Å². The fourth-order valence-corrected chi connectivity index (χ4v) is 2.18. The lowest BCUT2D eigenvalue weighted by molar-refractivity contribution is 0.0956. The summed E-state index contributed by atoms with van der Waals surface area (Å²) in [4.78, 5) is 16.2. The number of nitrogens with zero attached hydrogens (tertiary/aromatic N) is 2. The largest absolute Gasteiger partial charge is 0.348 e. The number of nitrogens with one attached hydrogen (secondary N) is 2. The van der Waals surface area contributed by atoms with E-state index < -0.39 is 0 Å². The zero-order valence-electron chi connectivity index (χ0n) is 10.6. The van der Waals surface area contributed by atoms with Crippen molar-refractivity contribution in [2.75, 3.05) is 19.6 Å². The van der Waals surface area contributed by atoms with Gasteiger partial charge in [0.25, 0.3) is 5.91 Å². The van der Waals surface area contributed by atoms with Crippen LogP contribution in [-0.4, -0.2) is 34.9 Å². The molecule has 0 saturated carbocycles. The van der Waals surface area contributed by atoms with Crippen LogP contribution in [0.3, 0.4) is 0 Å². The van der Waals surface area contributed by atoms with Crippen molar-refractivity contribution in [3.05, 3.63) is 47.9 Å². The van der Waals surface area contributed by atoms with E-state index in [0.717, 1.165) is 25.2 Å². The number of amides is 1. The molecule has 3 heterocycles. The highest BCUT2D eigenvalue weighted by atomic mass is 16.1. The SMILES string of the molecule is O=C(NCC1=CCNCC1)c1ccc2nccn2c1. The van der Waals surface area contributed by atoms with Crippen molar-refractivity contribution in [3.8, 4) is 0 Å². The maximum Gasteiger partial charge on any atom is 0.253 e. The first-order valence-electron chi connectivity index (χ1n) is 6.42. The number of pyridine rings is 1. The summed E-state index contributed by atoms with van der Waals surface area (Å²) in [6.45, 7) is 2.51. The van der Waals surface area contributed by atoms with Crippen molar-refractivity contribution in [2.45, 2.75) is 6.42 Å². The summed E-state index contributed by atoms with van der Waals surface area (Å²) in [5.41, 5.74) is 2.79. The molecule has 0 aliphatic carbocycles. The van der Waals surface area contributed by atoms with Gasteiger partial charge in [0.05, 0.1) is 5.56 Å². The molecule has 0 atom stereocenters. The van der Waals surface area contributed by atoms with Crippen LogP contribution in [0.5, 0.6) is 0 Å². The molecule has 0 unspecified atom stereocenters. The highest BCUT2D eigenvalue weighted by Gasteiger charge is 2.08. The number of aromatic nitrogens is 2. The Kier molecular flexibility index (Phi) is 3.29. The van der Waals surface area contributed by atoms with Gasteiger partial charge in [-0.2, -0.15) is 0 Å². The molecule has 2 aromatic heterocycles. The summed E-state index contributed by atoms with van der Waals surface area (Å²) in [6.07, 6.45) is 8.50. The molecular weight excluding hydrogens is 240 g/mol. The molecule has 1 aliphatic heterocycles. The standard InChI is InChI=1S/C14H16N4O/c19-14(17-9-11-3-5-15-6-4-11)12-1-2-13-16-7-8-18(13)10-12/h1-3,7-8,10,15H,4-6,9H2,(H,17,19). The van der Waals surface area contributed by atoms with Gasteiger partial charge in [-0.1, -0.05) is 11.6 Å². The van der Waals surface area contributed by atoms with E-state index in [1.807, 2.05) is 16.7 Å². The molecule has 0 saturated heterocycles. The lowest BCUT2D eigenvalue weighted by atomic mass is 10.1. The highest BCUT2D eigenvalue weighted by molar-refractivity contribution is 5.94. The topological polar surface area (TPSA) is 58.4 Å². The van der Waals surface area contributed by atoms with Crippen LogP contribution in [0.4, 0.5) is 0 Å². The fourth-order valence-electron chi connectivity index (χ4n) is 2.18. The van der Waals surface area contributed by atoms with Crippen LogP contribution in [0.1, 0.15) is 16.8 Å². The summed E-state index contributed by atoms with van der Waals surface area (Å²) in [7, 11) is 0. The van der Waals surface area contributed by atoms with Gasteiger partial charge in [0.1, 0.15) is 5.65 Å². The number of carbonyl (C=O) groups is 1. The van der Waals surface area contributed by atoms with Crippen LogP contribution in [0, 0.1) is 0 Å². The summed E-state index contributed by atoms with van der Waals surface area (Å²) in [5, 5.41) is 6.21. The van der Waals surface area contributed by atoms with Crippen LogP contribution in [0.15, 0.2) is 42.4 Å². The average molecular weight is 256 g/mol. The Hall–Kier alpha value is -2.14. The lowest BCUT2D eigenvalue weighted by Gasteiger charge is -2.14. The van der Waals surface area contributed by atoms with Crippen LogP contribution in [0.25, 0.3) is 5.65 Å². The minimum Gasteiger partial charge on any atom is -0.348 e. The molecule has 1 aliphatic rings. The predicted octanol–water partition coefficient (Wildman–Crippen LogP) is 0.984. The number of rotatable bonds is 3. The van der Waals surface area contributed by atoms with Crippen molar-refractivity contribution < 1.29 is 4.79 Å². The van der Waals surface area contributed by atoms with E-state index in [4.69, 9.17) is 0 Å². The minimum absolute atomic E-state index is 0.0463. The second-order valence-corrected chi connectivity index (χ2v) is 4.61. The zero-order valence-corrected chi connectivity index (χ0v) is 10.6. The minimum atomic E-state index is -0.0463. The number of fused-ring (bicyclic) bond motifs is 1. The first-order valence-corrected chi connectivity index (χ1v) is 6.42. The van der Waals surface area contributed by atoms with Gasteiger partial charge in [0.15, 0.2) is 0 Å². The van der Waals surface area contributed by atoms with Gasteiger partial charge in [-0.3, -0.25) is 4.79 Å². The number of carbonyl (C=O) groups excluding carboxylic acids is 1. The van der Waals surface area contributed by atoms with Gasteiger partial charge >= 0.3 is 0 Å². The van der Waals surface area contributed by atoms with Crippen LogP contribution in [-0.2, 0) is 0 Å². The number of imidazole rings is 1.